The van der Waals surface area contributed by atoms with Crippen molar-refractivity contribution in [1.29, 1.82) is 0 Å². The highest BCUT2D eigenvalue weighted by Gasteiger charge is 2.14. The van der Waals surface area contributed by atoms with E-state index in [1.807, 2.05) is 0 Å². The molecule has 0 fully saturated rings. The summed E-state index contributed by atoms with van der Waals surface area (Å²) in [5.74, 6) is 0.0553. The molecule has 0 aliphatic rings. The predicted molar refractivity (Wildman–Crippen MR) is 69.7 cm³/mol. The molecule has 0 aromatic heterocycles. The topological polar surface area (TPSA) is 69.4 Å². The number of ether oxygens (including phenoxy) is 1. The second-order valence-electron chi connectivity index (χ2n) is 4.11. The predicted octanol–water partition coefficient (Wildman–Crippen LogP) is 3.65. The molecular weight excluding hydrogens is 265 g/mol. The van der Waals surface area contributed by atoms with Gasteiger partial charge in [0.2, 0.25) is 0 Å². The Morgan fingerprint density at radius 3 is 2.45 bits per heavy atom. The summed E-state index contributed by atoms with van der Waals surface area (Å²) in [5.41, 5.74) is 0.0807. The second kappa shape index (κ2) is 5.48. The minimum Gasteiger partial charge on any atom is -0.457 e. The van der Waals surface area contributed by atoms with Crippen LogP contribution in [0.1, 0.15) is 15.9 Å². The molecule has 0 radical (unpaired) electrons. The monoisotopic (exact) mass is 275 g/mol. The molecule has 0 spiro atoms. The van der Waals surface area contributed by atoms with E-state index >= 15 is 0 Å². The molecule has 5 nitrogen and oxygen atoms in total. The summed E-state index contributed by atoms with van der Waals surface area (Å²) in [5, 5.41) is 10.7. The molecule has 2 aromatic carbocycles. The summed E-state index contributed by atoms with van der Waals surface area (Å²) in [6, 6.07) is 8.09. The lowest BCUT2D eigenvalue weighted by atomic mass is 10.2. The van der Waals surface area contributed by atoms with Crippen molar-refractivity contribution in [1.82, 2.24) is 0 Å². The van der Waals surface area contributed by atoms with Crippen molar-refractivity contribution in [2.24, 2.45) is 0 Å². The van der Waals surface area contributed by atoms with Crippen LogP contribution >= 0.6 is 0 Å². The van der Waals surface area contributed by atoms with Crippen molar-refractivity contribution in [3.05, 3.63) is 63.5 Å². The molecular formula is C14H10FNO4. The molecule has 6 heteroatoms. The summed E-state index contributed by atoms with van der Waals surface area (Å²) >= 11 is 0. The van der Waals surface area contributed by atoms with E-state index < -0.39 is 10.7 Å². The Labute approximate surface area is 113 Å². The number of rotatable bonds is 4. The van der Waals surface area contributed by atoms with E-state index in [1.54, 1.807) is 19.1 Å². The smallest absolute Gasteiger partial charge is 0.280 e. The Bertz CT molecular complexity index is 685. The first-order valence-electron chi connectivity index (χ1n) is 5.69. The van der Waals surface area contributed by atoms with Gasteiger partial charge in [-0.3, -0.25) is 14.9 Å². The zero-order valence-electron chi connectivity index (χ0n) is 10.5. The lowest BCUT2D eigenvalue weighted by Gasteiger charge is -2.07. The van der Waals surface area contributed by atoms with Crippen LogP contribution in [0.5, 0.6) is 11.5 Å². The van der Waals surface area contributed by atoms with Gasteiger partial charge >= 0.3 is 0 Å². The van der Waals surface area contributed by atoms with Gasteiger partial charge in [0.15, 0.2) is 6.29 Å². The first-order chi connectivity index (χ1) is 9.51. The van der Waals surface area contributed by atoms with Crippen LogP contribution in [0.3, 0.4) is 0 Å². The van der Waals surface area contributed by atoms with Gasteiger partial charge in [-0.05, 0) is 30.7 Å². The van der Waals surface area contributed by atoms with Crippen LogP contribution in [0, 0.1) is 22.9 Å². The van der Waals surface area contributed by atoms with E-state index in [1.165, 1.54) is 24.3 Å². The molecule has 2 aromatic rings. The molecule has 0 atom stereocenters. The number of hydrogen-bond acceptors (Lipinski definition) is 4. The van der Waals surface area contributed by atoms with Crippen LogP contribution in [0.15, 0.2) is 36.4 Å². The molecule has 0 saturated carbocycles. The van der Waals surface area contributed by atoms with Crippen LogP contribution in [0.2, 0.25) is 0 Å². The second-order valence-corrected chi connectivity index (χ2v) is 4.11. The van der Waals surface area contributed by atoms with Gasteiger partial charge in [0.1, 0.15) is 17.3 Å². The normalized spacial score (nSPS) is 10.1. The maximum absolute atomic E-state index is 13.4. The fourth-order valence-electron chi connectivity index (χ4n) is 1.63. The van der Waals surface area contributed by atoms with Crippen LogP contribution in [-0.4, -0.2) is 11.2 Å². The largest absolute Gasteiger partial charge is 0.457 e. The maximum atomic E-state index is 13.4. The van der Waals surface area contributed by atoms with E-state index in [0.717, 1.165) is 0 Å². The van der Waals surface area contributed by atoms with Gasteiger partial charge in [0.25, 0.3) is 5.69 Å². The lowest BCUT2D eigenvalue weighted by molar-refractivity contribution is -0.385. The molecule has 0 N–H and O–H groups in total. The van der Waals surface area contributed by atoms with E-state index in [4.69, 9.17) is 4.74 Å². The maximum Gasteiger partial charge on any atom is 0.280 e. The molecule has 20 heavy (non-hydrogen) atoms. The summed E-state index contributed by atoms with van der Waals surface area (Å²) in [6.45, 7) is 1.62. The third-order valence-electron chi connectivity index (χ3n) is 2.70. The Kier molecular flexibility index (Phi) is 3.74. The van der Waals surface area contributed by atoms with Gasteiger partial charge in [-0.2, -0.15) is 0 Å². The number of carbonyl (C=O) groups excluding carboxylic acids is 1. The highest BCUT2D eigenvalue weighted by molar-refractivity contribution is 5.82. The molecule has 102 valence electrons. The summed E-state index contributed by atoms with van der Waals surface area (Å²) < 4.78 is 18.7. The molecule has 0 unspecified atom stereocenters. The fraction of sp³-hybridized carbons (Fsp3) is 0.0714. The van der Waals surface area contributed by atoms with Gasteiger partial charge in [0, 0.05) is 12.1 Å². The standard InChI is InChI=1S/C14H10FNO4/c1-9-2-3-12(7-13(9)15)20-11-4-5-14(16(18)19)10(6-11)8-17/h2-8H,1H3. The minimum absolute atomic E-state index is 0.0971. The molecule has 0 amide bonds. The van der Waals surface area contributed by atoms with Gasteiger partial charge in [-0.15, -0.1) is 0 Å². The molecule has 0 bridgehead atoms. The average molecular weight is 275 g/mol. The van der Waals surface area contributed by atoms with E-state index in [0.29, 0.717) is 11.8 Å². The lowest BCUT2D eigenvalue weighted by Crippen LogP contribution is -1.95. The zero-order valence-corrected chi connectivity index (χ0v) is 10.5. The van der Waals surface area contributed by atoms with Crippen molar-refractivity contribution in [3.8, 4) is 11.5 Å². The fourth-order valence-corrected chi connectivity index (χ4v) is 1.63. The number of aldehydes is 1. The van der Waals surface area contributed by atoms with Gasteiger partial charge < -0.3 is 4.74 Å². The van der Waals surface area contributed by atoms with Crippen molar-refractivity contribution in [2.45, 2.75) is 6.92 Å². The van der Waals surface area contributed by atoms with Crippen LogP contribution < -0.4 is 4.74 Å². The van der Waals surface area contributed by atoms with E-state index in [9.17, 15) is 19.3 Å². The zero-order chi connectivity index (χ0) is 14.7. The number of nitro groups is 1. The summed E-state index contributed by atoms with van der Waals surface area (Å²) in [4.78, 5) is 20.9. The quantitative estimate of drug-likeness (QED) is 0.485. The van der Waals surface area contributed by atoms with Crippen molar-refractivity contribution in [2.75, 3.05) is 0 Å². The average Bonchev–Trinajstić information content (AvgIpc) is 2.42. The SMILES string of the molecule is Cc1ccc(Oc2ccc([N+](=O)[O-])c(C=O)c2)cc1F. The van der Waals surface area contributed by atoms with Crippen molar-refractivity contribution >= 4 is 12.0 Å². The number of carbonyl (C=O) groups is 1. The molecule has 2 rings (SSSR count). The van der Waals surface area contributed by atoms with Crippen LogP contribution in [0.25, 0.3) is 0 Å². The Morgan fingerprint density at radius 2 is 1.85 bits per heavy atom. The highest BCUT2D eigenvalue weighted by Crippen LogP contribution is 2.27. The Balaban J connectivity index is 2.32. The summed E-state index contributed by atoms with van der Waals surface area (Å²) in [7, 11) is 0. The number of aryl methyl sites for hydroxylation is 1. The van der Waals surface area contributed by atoms with Crippen molar-refractivity contribution < 1.29 is 18.8 Å². The Morgan fingerprint density at radius 1 is 1.20 bits per heavy atom. The van der Waals surface area contributed by atoms with Crippen LogP contribution in [-0.2, 0) is 0 Å². The summed E-state index contributed by atoms with van der Waals surface area (Å²) in [6.07, 6.45) is 0.376. The first kappa shape index (κ1) is 13.7. The van der Waals surface area contributed by atoms with E-state index in [2.05, 4.69) is 0 Å². The van der Waals surface area contributed by atoms with Gasteiger partial charge in [-0.25, -0.2) is 4.39 Å². The van der Waals surface area contributed by atoms with Gasteiger partial charge in [0.05, 0.1) is 10.5 Å². The molecule has 0 aliphatic heterocycles. The van der Waals surface area contributed by atoms with E-state index in [-0.39, 0.29) is 22.7 Å². The molecule has 0 aliphatic carbocycles. The first-order valence-corrected chi connectivity index (χ1v) is 5.69. The number of hydrogen-bond donors (Lipinski definition) is 0. The molecule has 0 heterocycles. The number of nitro benzene ring substituents is 1. The highest BCUT2D eigenvalue weighted by atomic mass is 19.1. The third kappa shape index (κ3) is 2.80. The number of nitrogens with zero attached hydrogens (tertiary/aromatic N) is 1. The number of benzene rings is 2. The Hall–Kier alpha value is -2.76. The third-order valence-corrected chi connectivity index (χ3v) is 2.70. The number of halogens is 1. The minimum atomic E-state index is -0.654. The molecule has 0 saturated heterocycles. The van der Waals surface area contributed by atoms with Crippen molar-refractivity contribution in [3.63, 3.8) is 0 Å². The van der Waals surface area contributed by atoms with Gasteiger partial charge in [-0.1, -0.05) is 6.07 Å². The van der Waals surface area contributed by atoms with Crippen LogP contribution in [0.4, 0.5) is 10.1 Å².